The Balaban J connectivity index is 1.39. The maximum absolute atomic E-state index is 4.71. The molecule has 2 aliphatic rings. The molecule has 1 aliphatic heterocycles. The van der Waals surface area contributed by atoms with Crippen LogP contribution >= 0.6 is 0 Å². The van der Waals surface area contributed by atoms with Crippen molar-refractivity contribution >= 4 is 22.4 Å². The first-order valence-electron chi connectivity index (χ1n) is 9.44. The van der Waals surface area contributed by atoms with E-state index < -0.39 is 0 Å². The number of anilines is 1. The van der Waals surface area contributed by atoms with Crippen LogP contribution in [0.4, 0.5) is 5.95 Å². The molecule has 0 saturated carbocycles. The normalized spacial score (nSPS) is 19.8. The van der Waals surface area contributed by atoms with E-state index in [1.807, 2.05) is 30.5 Å². The molecule has 0 amide bonds. The molecule has 5 heteroatoms. The third kappa shape index (κ3) is 2.89. The van der Waals surface area contributed by atoms with Gasteiger partial charge < -0.3 is 4.90 Å². The fraction of sp³-hybridized carbons (Fsp3) is 0.273. The van der Waals surface area contributed by atoms with Gasteiger partial charge in [0.15, 0.2) is 0 Å². The number of fused-ring (bicyclic) bond motifs is 1. The summed E-state index contributed by atoms with van der Waals surface area (Å²) in [5, 5.41) is 1.07. The molecule has 1 atom stereocenters. The highest BCUT2D eigenvalue weighted by Crippen LogP contribution is 2.36. The fourth-order valence-corrected chi connectivity index (χ4v) is 3.86. The number of nitrogens with zero attached hydrogens (tertiary/aromatic N) is 5. The summed E-state index contributed by atoms with van der Waals surface area (Å²) in [7, 11) is 0. The third-order valence-electron chi connectivity index (χ3n) is 5.46. The second-order valence-corrected chi connectivity index (χ2v) is 7.31. The molecule has 3 aromatic rings. The smallest absolute Gasteiger partial charge is 0.225 e. The molecular weight excluding hydrogens is 334 g/mol. The van der Waals surface area contributed by atoms with Gasteiger partial charge in [-0.25, -0.2) is 9.97 Å². The van der Waals surface area contributed by atoms with Gasteiger partial charge in [-0.05, 0) is 24.0 Å². The highest BCUT2D eigenvalue weighted by atomic mass is 15.3. The number of para-hydroxylation sites is 1. The minimum absolute atomic E-state index is 0.364. The van der Waals surface area contributed by atoms with E-state index in [-0.39, 0.29) is 0 Å². The molecule has 1 fully saturated rings. The van der Waals surface area contributed by atoms with Crippen LogP contribution in [0.2, 0.25) is 0 Å². The molecule has 134 valence electrons. The van der Waals surface area contributed by atoms with Gasteiger partial charge in [-0.2, -0.15) is 0 Å². The summed E-state index contributed by atoms with van der Waals surface area (Å²) in [5.41, 5.74) is 4.43. The van der Waals surface area contributed by atoms with Gasteiger partial charge in [-0.15, -0.1) is 0 Å². The van der Waals surface area contributed by atoms with Crippen molar-refractivity contribution in [2.24, 2.45) is 5.92 Å². The highest BCUT2D eigenvalue weighted by Gasteiger charge is 2.34. The van der Waals surface area contributed by atoms with E-state index in [0.29, 0.717) is 11.8 Å². The Morgan fingerprint density at radius 1 is 1.04 bits per heavy atom. The van der Waals surface area contributed by atoms with Gasteiger partial charge in [0.1, 0.15) is 0 Å². The van der Waals surface area contributed by atoms with Gasteiger partial charge >= 0.3 is 0 Å². The number of hydrogen-bond donors (Lipinski definition) is 0. The van der Waals surface area contributed by atoms with Crippen LogP contribution in [-0.4, -0.2) is 33.0 Å². The average Bonchev–Trinajstić information content (AvgIpc) is 2.68. The summed E-state index contributed by atoms with van der Waals surface area (Å²) in [6.45, 7) is 4.01. The summed E-state index contributed by atoms with van der Waals surface area (Å²) in [5.74, 6) is 1.64. The molecule has 0 N–H and O–H groups in total. The first kappa shape index (κ1) is 16.1. The van der Waals surface area contributed by atoms with E-state index in [4.69, 9.17) is 9.97 Å². The van der Waals surface area contributed by atoms with Crippen LogP contribution < -0.4 is 4.90 Å². The lowest BCUT2D eigenvalue weighted by molar-refractivity contribution is 0.500. The zero-order chi connectivity index (χ0) is 18.2. The number of benzene rings is 1. The van der Waals surface area contributed by atoms with Gasteiger partial charge in [-0.1, -0.05) is 43.4 Å². The lowest BCUT2D eigenvalue weighted by Crippen LogP contribution is -2.46. The number of allylic oxidation sites excluding steroid dienone is 4. The second kappa shape index (κ2) is 6.58. The molecule has 1 unspecified atom stereocenters. The lowest BCUT2D eigenvalue weighted by Gasteiger charge is -2.39. The van der Waals surface area contributed by atoms with Crippen LogP contribution in [0.5, 0.6) is 0 Å². The van der Waals surface area contributed by atoms with Crippen LogP contribution in [0.3, 0.4) is 0 Å². The topological polar surface area (TPSA) is 54.8 Å². The first-order valence-corrected chi connectivity index (χ1v) is 9.44. The molecule has 0 spiro atoms. The van der Waals surface area contributed by atoms with Crippen molar-refractivity contribution in [1.82, 2.24) is 19.9 Å². The molecule has 2 aromatic heterocycles. The molecular formula is C22H21N5. The Hall–Kier alpha value is -3.08. The Bertz CT molecular complexity index is 1050. The van der Waals surface area contributed by atoms with Crippen LogP contribution in [0.25, 0.3) is 16.5 Å². The Labute approximate surface area is 158 Å². The van der Waals surface area contributed by atoms with Gasteiger partial charge in [0.25, 0.3) is 0 Å². The van der Waals surface area contributed by atoms with Crippen molar-refractivity contribution in [3.8, 4) is 0 Å². The van der Waals surface area contributed by atoms with E-state index >= 15 is 0 Å². The SMILES string of the molecule is CC1CC=CC=C1c1nccnc1C1CN(c2ncc3ccccc3n2)C1. The summed E-state index contributed by atoms with van der Waals surface area (Å²) in [6.07, 6.45) is 13.1. The van der Waals surface area contributed by atoms with Gasteiger partial charge in [-0.3, -0.25) is 9.97 Å². The van der Waals surface area contributed by atoms with Crippen molar-refractivity contribution in [2.45, 2.75) is 19.3 Å². The Kier molecular flexibility index (Phi) is 3.93. The largest absolute Gasteiger partial charge is 0.339 e. The zero-order valence-corrected chi connectivity index (χ0v) is 15.3. The van der Waals surface area contributed by atoms with E-state index in [0.717, 1.165) is 47.7 Å². The zero-order valence-electron chi connectivity index (χ0n) is 15.3. The van der Waals surface area contributed by atoms with Crippen molar-refractivity contribution in [1.29, 1.82) is 0 Å². The monoisotopic (exact) mass is 355 g/mol. The lowest BCUT2D eigenvalue weighted by atomic mass is 9.86. The predicted molar refractivity (Wildman–Crippen MR) is 107 cm³/mol. The molecule has 3 heterocycles. The van der Waals surface area contributed by atoms with Crippen LogP contribution in [0, 0.1) is 5.92 Å². The molecule has 0 bridgehead atoms. The summed E-state index contributed by atoms with van der Waals surface area (Å²) < 4.78 is 0. The predicted octanol–water partition coefficient (Wildman–Crippen LogP) is 4.00. The minimum atomic E-state index is 0.364. The molecule has 1 aromatic carbocycles. The van der Waals surface area contributed by atoms with Crippen molar-refractivity contribution < 1.29 is 0 Å². The Morgan fingerprint density at radius 2 is 1.89 bits per heavy atom. The third-order valence-corrected chi connectivity index (χ3v) is 5.46. The summed E-state index contributed by atoms with van der Waals surface area (Å²) in [6, 6.07) is 8.09. The maximum Gasteiger partial charge on any atom is 0.225 e. The average molecular weight is 355 g/mol. The number of hydrogen-bond acceptors (Lipinski definition) is 5. The standard InChI is InChI=1S/C22H21N5/c1-15-6-2-4-8-18(15)21-20(23-10-11-24-21)17-13-27(14-17)22-25-12-16-7-3-5-9-19(16)26-22/h2-5,7-12,15,17H,6,13-14H2,1H3. The van der Waals surface area contributed by atoms with Gasteiger partial charge in [0.2, 0.25) is 5.95 Å². The molecule has 1 aliphatic carbocycles. The van der Waals surface area contributed by atoms with Crippen LogP contribution in [0.15, 0.2) is 61.1 Å². The first-order chi connectivity index (χ1) is 13.3. The van der Waals surface area contributed by atoms with Crippen molar-refractivity contribution in [3.05, 3.63) is 72.5 Å². The van der Waals surface area contributed by atoms with E-state index in [1.54, 1.807) is 12.4 Å². The van der Waals surface area contributed by atoms with Crippen molar-refractivity contribution in [2.75, 3.05) is 18.0 Å². The second-order valence-electron chi connectivity index (χ2n) is 7.31. The van der Waals surface area contributed by atoms with Crippen molar-refractivity contribution in [3.63, 3.8) is 0 Å². The summed E-state index contributed by atoms with van der Waals surface area (Å²) >= 11 is 0. The van der Waals surface area contributed by atoms with Crippen LogP contribution in [-0.2, 0) is 0 Å². The van der Waals surface area contributed by atoms with E-state index in [1.165, 1.54) is 5.57 Å². The summed E-state index contributed by atoms with van der Waals surface area (Å²) in [4.78, 5) is 20.8. The maximum atomic E-state index is 4.71. The molecule has 27 heavy (non-hydrogen) atoms. The molecule has 0 radical (unpaired) electrons. The number of rotatable bonds is 3. The van der Waals surface area contributed by atoms with Crippen LogP contribution in [0.1, 0.15) is 30.7 Å². The van der Waals surface area contributed by atoms with Gasteiger partial charge in [0, 0.05) is 43.0 Å². The minimum Gasteiger partial charge on any atom is -0.339 e. The quantitative estimate of drug-likeness (QED) is 0.711. The van der Waals surface area contributed by atoms with E-state index in [9.17, 15) is 0 Å². The van der Waals surface area contributed by atoms with Gasteiger partial charge in [0.05, 0.1) is 16.9 Å². The number of aromatic nitrogens is 4. The van der Waals surface area contributed by atoms with E-state index in [2.05, 4.69) is 40.0 Å². The molecule has 1 saturated heterocycles. The fourth-order valence-electron chi connectivity index (χ4n) is 3.86. The highest BCUT2D eigenvalue weighted by molar-refractivity contribution is 5.78. The molecule has 5 nitrogen and oxygen atoms in total. The molecule has 5 rings (SSSR count). The Morgan fingerprint density at radius 3 is 2.78 bits per heavy atom.